The van der Waals surface area contributed by atoms with Gasteiger partial charge in [-0.2, -0.15) is 0 Å². The summed E-state index contributed by atoms with van der Waals surface area (Å²) in [5, 5.41) is 10.6. The lowest BCUT2D eigenvalue weighted by Gasteiger charge is -2.12. The fraction of sp³-hybridized carbons (Fsp3) is 0.200. The molecule has 0 aliphatic carbocycles. The monoisotopic (exact) mass is 310 g/mol. The molecule has 2 aromatic rings. The van der Waals surface area contributed by atoms with Crippen molar-refractivity contribution in [3.63, 3.8) is 0 Å². The lowest BCUT2D eigenvalue weighted by Crippen LogP contribution is -2.14. The molecule has 0 fully saturated rings. The highest BCUT2D eigenvalue weighted by Crippen LogP contribution is 2.21. The normalized spacial score (nSPS) is 13.2. The molecule has 2 rings (SSSR count). The van der Waals surface area contributed by atoms with Crippen LogP contribution in [0, 0.1) is 6.92 Å². The first-order valence-electron chi connectivity index (χ1n) is 6.11. The maximum atomic E-state index is 12.2. The minimum atomic E-state index is -3.55. The van der Waals surface area contributed by atoms with Crippen molar-refractivity contribution in [2.75, 3.05) is 5.75 Å². The van der Waals surface area contributed by atoms with E-state index in [1.165, 1.54) is 24.3 Å². The van der Waals surface area contributed by atoms with Crippen molar-refractivity contribution in [3.8, 4) is 0 Å². The second kappa shape index (κ2) is 5.95. The molecule has 106 valence electrons. The van der Waals surface area contributed by atoms with Crippen LogP contribution < -0.4 is 0 Å². The topological polar surface area (TPSA) is 54.4 Å². The van der Waals surface area contributed by atoms with Crippen molar-refractivity contribution >= 4 is 21.4 Å². The standard InChI is InChI=1S/C15H15ClO3S/c1-11-3-2-4-12(9-11)15(17)10-20(18,19)14-7-5-13(16)6-8-14/h2-9,15,17H,10H2,1H3. The second-order valence-corrected chi connectivity index (χ2v) is 7.14. The van der Waals surface area contributed by atoms with E-state index >= 15 is 0 Å². The molecule has 0 saturated heterocycles. The third-order valence-corrected chi connectivity index (χ3v) is 4.97. The third-order valence-electron chi connectivity index (χ3n) is 2.98. The Bertz CT molecular complexity index is 693. The van der Waals surface area contributed by atoms with E-state index in [0.29, 0.717) is 10.6 Å². The van der Waals surface area contributed by atoms with Crippen molar-refractivity contribution in [1.82, 2.24) is 0 Å². The number of aliphatic hydroxyl groups excluding tert-OH is 1. The Balaban J connectivity index is 2.22. The molecule has 0 aromatic heterocycles. The molecule has 0 aliphatic heterocycles. The molecule has 5 heteroatoms. The van der Waals surface area contributed by atoms with Crippen LogP contribution in [-0.4, -0.2) is 19.3 Å². The van der Waals surface area contributed by atoms with Crippen LogP contribution in [0.25, 0.3) is 0 Å². The van der Waals surface area contributed by atoms with E-state index < -0.39 is 15.9 Å². The van der Waals surface area contributed by atoms with E-state index in [1.54, 1.807) is 18.2 Å². The molecule has 20 heavy (non-hydrogen) atoms. The van der Waals surface area contributed by atoms with Crippen LogP contribution in [0.4, 0.5) is 0 Å². The maximum Gasteiger partial charge on any atom is 0.181 e. The summed E-state index contributed by atoms with van der Waals surface area (Å²) in [4.78, 5) is 0.161. The fourth-order valence-corrected chi connectivity index (χ4v) is 3.40. The fourth-order valence-electron chi connectivity index (χ4n) is 1.92. The van der Waals surface area contributed by atoms with Crippen LogP contribution >= 0.6 is 11.6 Å². The number of aryl methyl sites for hydroxylation is 1. The van der Waals surface area contributed by atoms with Gasteiger partial charge in [0, 0.05) is 5.02 Å². The van der Waals surface area contributed by atoms with Gasteiger partial charge in [-0.1, -0.05) is 41.4 Å². The molecule has 1 atom stereocenters. The van der Waals surface area contributed by atoms with E-state index in [4.69, 9.17) is 11.6 Å². The molecule has 3 nitrogen and oxygen atoms in total. The molecule has 2 aromatic carbocycles. The van der Waals surface area contributed by atoms with Crippen LogP contribution in [0.15, 0.2) is 53.4 Å². The van der Waals surface area contributed by atoms with E-state index in [2.05, 4.69) is 0 Å². The Hall–Kier alpha value is -1.36. The Kier molecular flexibility index (Phi) is 4.48. The summed E-state index contributed by atoms with van der Waals surface area (Å²) in [7, 11) is -3.55. The molecule has 0 heterocycles. The molecule has 0 saturated carbocycles. The number of hydrogen-bond donors (Lipinski definition) is 1. The van der Waals surface area contributed by atoms with Crippen LogP contribution in [0.1, 0.15) is 17.2 Å². The van der Waals surface area contributed by atoms with Gasteiger partial charge in [0.2, 0.25) is 0 Å². The predicted molar refractivity (Wildman–Crippen MR) is 79.6 cm³/mol. The number of aliphatic hydroxyl groups is 1. The minimum absolute atomic E-state index is 0.161. The Labute approximate surface area is 123 Å². The van der Waals surface area contributed by atoms with E-state index in [0.717, 1.165) is 5.56 Å². The second-order valence-electron chi connectivity index (χ2n) is 4.67. The van der Waals surface area contributed by atoms with Crippen LogP contribution in [0.2, 0.25) is 5.02 Å². The summed E-state index contributed by atoms with van der Waals surface area (Å²) in [5.41, 5.74) is 1.58. The van der Waals surface area contributed by atoms with Gasteiger partial charge >= 0.3 is 0 Å². The SMILES string of the molecule is Cc1cccc(C(O)CS(=O)(=O)c2ccc(Cl)cc2)c1. The number of halogens is 1. The smallest absolute Gasteiger partial charge is 0.181 e. The van der Waals surface area contributed by atoms with Gasteiger partial charge in [-0.15, -0.1) is 0 Å². The summed E-state index contributed by atoms with van der Waals surface area (Å²) >= 11 is 5.74. The summed E-state index contributed by atoms with van der Waals surface area (Å²) in [6, 6.07) is 13.1. The average Bonchev–Trinajstić information content (AvgIpc) is 2.38. The van der Waals surface area contributed by atoms with Gasteiger partial charge in [-0.3, -0.25) is 0 Å². The number of sulfone groups is 1. The highest BCUT2D eigenvalue weighted by Gasteiger charge is 2.20. The Morgan fingerprint density at radius 1 is 1.15 bits per heavy atom. The number of hydrogen-bond acceptors (Lipinski definition) is 3. The van der Waals surface area contributed by atoms with Crippen molar-refractivity contribution in [2.24, 2.45) is 0 Å². The highest BCUT2D eigenvalue weighted by atomic mass is 35.5. The molecule has 0 amide bonds. The minimum Gasteiger partial charge on any atom is -0.387 e. The van der Waals surface area contributed by atoms with E-state index in [9.17, 15) is 13.5 Å². The number of rotatable bonds is 4. The van der Waals surface area contributed by atoms with Crippen molar-refractivity contribution in [1.29, 1.82) is 0 Å². The van der Waals surface area contributed by atoms with Gasteiger partial charge in [0.1, 0.15) is 0 Å². The largest absolute Gasteiger partial charge is 0.387 e. The lowest BCUT2D eigenvalue weighted by molar-refractivity contribution is 0.201. The zero-order chi connectivity index (χ0) is 14.8. The van der Waals surface area contributed by atoms with Crippen molar-refractivity contribution < 1.29 is 13.5 Å². The lowest BCUT2D eigenvalue weighted by atomic mass is 10.1. The average molecular weight is 311 g/mol. The van der Waals surface area contributed by atoms with Gasteiger partial charge in [-0.25, -0.2) is 8.42 Å². The first kappa shape index (κ1) is 15.0. The quantitative estimate of drug-likeness (QED) is 0.943. The van der Waals surface area contributed by atoms with Gasteiger partial charge in [-0.05, 0) is 36.8 Å². The molecule has 0 aliphatic rings. The number of benzene rings is 2. The van der Waals surface area contributed by atoms with E-state index in [1.807, 2.05) is 13.0 Å². The van der Waals surface area contributed by atoms with Crippen LogP contribution in [0.3, 0.4) is 0 Å². The summed E-state index contributed by atoms with van der Waals surface area (Å²) in [6.07, 6.45) is -1.05. The van der Waals surface area contributed by atoms with E-state index in [-0.39, 0.29) is 10.6 Å². The van der Waals surface area contributed by atoms with Crippen molar-refractivity contribution in [2.45, 2.75) is 17.9 Å². The first-order chi connectivity index (χ1) is 9.38. The zero-order valence-electron chi connectivity index (χ0n) is 11.0. The maximum absolute atomic E-state index is 12.2. The summed E-state index contributed by atoms with van der Waals surface area (Å²) < 4.78 is 24.4. The highest BCUT2D eigenvalue weighted by molar-refractivity contribution is 7.91. The van der Waals surface area contributed by atoms with Crippen molar-refractivity contribution in [3.05, 3.63) is 64.7 Å². The summed E-state index contributed by atoms with van der Waals surface area (Å²) in [5.74, 6) is -0.349. The van der Waals surface area contributed by atoms with Gasteiger partial charge in [0.05, 0.1) is 16.8 Å². The first-order valence-corrected chi connectivity index (χ1v) is 8.14. The molecule has 0 spiro atoms. The predicted octanol–water partition coefficient (Wildman–Crippen LogP) is 3.16. The molecule has 0 bridgehead atoms. The van der Waals surface area contributed by atoms with Crippen LogP contribution in [-0.2, 0) is 9.84 Å². The third kappa shape index (κ3) is 3.60. The van der Waals surface area contributed by atoms with Gasteiger partial charge < -0.3 is 5.11 Å². The Morgan fingerprint density at radius 3 is 2.40 bits per heavy atom. The molecular formula is C15H15ClO3S. The van der Waals surface area contributed by atoms with Crippen LogP contribution in [0.5, 0.6) is 0 Å². The summed E-state index contributed by atoms with van der Waals surface area (Å²) in [6.45, 7) is 1.89. The molecule has 1 unspecified atom stereocenters. The molecular weight excluding hydrogens is 296 g/mol. The van der Waals surface area contributed by atoms with Gasteiger partial charge in [0.15, 0.2) is 9.84 Å². The molecule has 1 N–H and O–H groups in total. The Morgan fingerprint density at radius 2 is 1.80 bits per heavy atom. The molecule has 0 radical (unpaired) electrons. The van der Waals surface area contributed by atoms with Gasteiger partial charge in [0.25, 0.3) is 0 Å². The zero-order valence-corrected chi connectivity index (χ0v) is 12.5.